The Kier molecular flexibility index (Phi) is 54.9. The third-order valence-electron chi connectivity index (χ3n) is 11.4. The van der Waals surface area contributed by atoms with E-state index in [1.807, 2.05) is 28.2 Å². The molecule has 0 amide bonds. The molecule has 386 valence electrons. The molecule has 20 nitrogen and oxygen atoms in total. The van der Waals surface area contributed by atoms with Crippen molar-refractivity contribution in [1.82, 2.24) is 80.3 Å². The quantitative estimate of drug-likeness (QED) is 0.0282. The van der Waals surface area contributed by atoms with Gasteiger partial charge in [0, 0.05) is 0 Å². The first-order chi connectivity index (χ1) is 31.1. The monoisotopic (exact) mass is 935 g/mol. The van der Waals surface area contributed by atoms with Crippen LogP contribution in [0.4, 0.5) is 0 Å². The summed E-state index contributed by atoms with van der Waals surface area (Å²) < 4.78 is 0. The predicted octanol–water partition coefficient (Wildman–Crippen LogP) is -4.03. The lowest BCUT2D eigenvalue weighted by Gasteiger charge is -2.45. The van der Waals surface area contributed by atoms with Crippen LogP contribution in [0.5, 0.6) is 0 Å². The number of nitrogens with zero attached hydrogens (tertiary/aromatic N) is 8. The molecule has 0 heterocycles. The van der Waals surface area contributed by atoms with Gasteiger partial charge in [0.25, 0.3) is 0 Å². The first-order valence-electron chi connectivity index (χ1n) is 25.4. The molecule has 30 heteroatoms. The summed E-state index contributed by atoms with van der Waals surface area (Å²) in [6.45, 7) is 41.2. The van der Waals surface area contributed by atoms with Gasteiger partial charge in [-0.25, -0.2) is 0 Å². The lowest BCUT2D eigenvalue weighted by Crippen LogP contribution is -2.72. The molecule has 0 radical (unpaired) electrons. The van der Waals surface area contributed by atoms with Crippen molar-refractivity contribution in [2.24, 2.45) is 22.6 Å². The molecule has 0 aromatic heterocycles. The number of nitrogens with one attached hydrogen (secondary N) is 8. The van der Waals surface area contributed by atoms with E-state index in [0.717, 1.165) is 78.5 Å². The van der Waals surface area contributed by atoms with Gasteiger partial charge in [-0.15, -0.1) is 0 Å². The molecule has 0 spiro atoms. The van der Waals surface area contributed by atoms with Gasteiger partial charge in [0.05, 0.1) is 0 Å². The maximum atomic E-state index is 4.96. The molecule has 0 aliphatic rings. The van der Waals surface area contributed by atoms with Gasteiger partial charge in [0.15, 0.2) is 0 Å². The highest BCUT2D eigenvalue weighted by atomic mass is 15.3. The summed E-state index contributed by atoms with van der Waals surface area (Å²) in [6.07, 6.45) is 0. The fourth-order valence-electron chi connectivity index (χ4n) is 8.05. The number of rotatable bonds is 33. The summed E-state index contributed by atoms with van der Waals surface area (Å²) in [5.74, 6) is 0. The van der Waals surface area contributed by atoms with Crippen molar-refractivity contribution < 1.29 is 0 Å². The van der Waals surface area contributed by atoms with Gasteiger partial charge < -0.3 is 103 Å². The average molecular weight is 934 g/mol. The zero-order valence-corrected chi connectivity index (χ0v) is 48.1. The Morgan fingerprint density at radius 3 is 0.545 bits per heavy atom. The molecule has 0 unspecified atom stereocenters. The standard InChI is InChI=1S/C16H40B2N4.2C8H24B2N4.C4H16B2N4.B2H8N4/c1-9-19(10-2)17(20(11-3)12-4)18(21(13-5)14-6)22(15-7)16-8;1-11(2)9(12(3)4)10(13(5)6)14(7)8;1-5-11-9(12-6-2)10(13-7-3)14-8-4;1-7-5(8-2)6(9-3)10-4;3-1(4)2(5)6/h9-16H2,1-8H3;1-8H3;11-14H,5-8H2,1-4H3;7-10H,1-4H3;3-6H2. The minimum Gasteiger partial charge on any atom is -0.360 e. The molecule has 0 atom stereocenters. The fourth-order valence-corrected chi connectivity index (χ4v) is 8.05. The third-order valence-corrected chi connectivity index (χ3v) is 11.4. The summed E-state index contributed by atoms with van der Waals surface area (Å²) in [6, 6.07) is 0. The Balaban J connectivity index is -0.000000248. The summed E-state index contributed by atoms with van der Waals surface area (Å²) in [7, 11) is 24.6. The van der Waals surface area contributed by atoms with Gasteiger partial charge in [0.1, 0.15) is 0 Å². The van der Waals surface area contributed by atoms with E-state index < -0.39 is 13.7 Å². The molecular formula is C36H112B10N20. The molecule has 0 fully saturated rings. The van der Waals surface area contributed by atoms with Gasteiger partial charge in [0.2, 0.25) is 0 Å². The number of nitrogens with two attached hydrogens (primary N) is 4. The lowest BCUT2D eigenvalue weighted by atomic mass is 9.29. The van der Waals surface area contributed by atoms with Crippen molar-refractivity contribution in [2.75, 3.05) is 163 Å². The Labute approximate surface area is 416 Å². The van der Waals surface area contributed by atoms with Crippen molar-refractivity contribution in [3.63, 3.8) is 0 Å². The van der Waals surface area contributed by atoms with Crippen molar-refractivity contribution in [1.29, 1.82) is 0 Å². The maximum absolute atomic E-state index is 4.96. The van der Waals surface area contributed by atoms with Gasteiger partial charge >= 0.3 is 68.7 Å². The van der Waals surface area contributed by atoms with Gasteiger partial charge in [-0.3, -0.25) is 0 Å². The highest BCUT2D eigenvalue weighted by Gasteiger charge is 2.45. The van der Waals surface area contributed by atoms with Crippen molar-refractivity contribution in [3.05, 3.63) is 0 Å². The van der Waals surface area contributed by atoms with E-state index >= 15 is 0 Å². The second kappa shape index (κ2) is 48.5. The molecule has 0 aliphatic carbocycles. The number of hydrogen-bond acceptors (Lipinski definition) is 20. The van der Waals surface area contributed by atoms with Crippen LogP contribution in [-0.2, 0) is 0 Å². The van der Waals surface area contributed by atoms with Crippen molar-refractivity contribution >= 4 is 68.7 Å². The second-order valence-electron chi connectivity index (χ2n) is 16.8. The normalized spacial score (nSPS) is 10.9. The molecule has 0 rings (SSSR count). The van der Waals surface area contributed by atoms with E-state index in [4.69, 9.17) is 22.6 Å². The van der Waals surface area contributed by atoms with Crippen molar-refractivity contribution in [3.8, 4) is 0 Å². The van der Waals surface area contributed by atoms with Gasteiger partial charge in [-0.05, 0) is 163 Å². The van der Waals surface area contributed by atoms with Crippen molar-refractivity contribution in [2.45, 2.75) is 83.1 Å². The van der Waals surface area contributed by atoms with Crippen LogP contribution in [0.1, 0.15) is 83.1 Å². The van der Waals surface area contributed by atoms with Crippen LogP contribution in [0.2, 0.25) is 0 Å². The Morgan fingerprint density at radius 1 is 0.288 bits per heavy atom. The molecule has 0 bridgehead atoms. The Morgan fingerprint density at radius 2 is 0.455 bits per heavy atom. The third kappa shape index (κ3) is 32.7. The van der Waals surface area contributed by atoms with E-state index in [9.17, 15) is 0 Å². The maximum Gasteiger partial charge on any atom is 0.313 e. The van der Waals surface area contributed by atoms with Gasteiger partial charge in [-0.2, -0.15) is 0 Å². The zero-order chi connectivity index (χ0) is 52.5. The molecular weight excluding hydrogens is 821 g/mol. The predicted molar refractivity (Wildman–Crippen MR) is 312 cm³/mol. The van der Waals surface area contributed by atoms with Crippen LogP contribution in [0.25, 0.3) is 0 Å². The minimum atomic E-state index is -0.593. The SMILES string of the molecule is CCN(CC)B(B(N(CC)CC)N(CC)CC)N(CC)CC.CCNB(NCC)B(NCC)NCC.CN(C)B(B(N(C)C)N(C)C)N(C)C.CNB(NC)B(NC)NC.NB(N)B(N)N. The summed E-state index contributed by atoms with van der Waals surface area (Å²) in [5.41, 5.74) is 19.9. The summed E-state index contributed by atoms with van der Waals surface area (Å²) >= 11 is 0. The Bertz CT molecular complexity index is 850. The molecule has 16 N–H and O–H groups in total. The largest absolute Gasteiger partial charge is 0.360 e. The molecule has 0 saturated carbocycles. The van der Waals surface area contributed by atoms with Crippen LogP contribution in [-0.4, -0.2) is 270 Å². The molecule has 66 heavy (non-hydrogen) atoms. The van der Waals surface area contributed by atoms with E-state index in [1.165, 1.54) is 0 Å². The highest BCUT2D eigenvalue weighted by molar-refractivity contribution is 7.19. The molecule has 0 aliphatic heterocycles. The molecule has 0 saturated heterocycles. The highest BCUT2D eigenvalue weighted by Crippen LogP contribution is 2.13. The smallest absolute Gasteiger partial charge is 0.313 e. The topological polar surface area (TPSA) is 226 Å². The van der Waals surface area contributed by atoms with E-state index in [2.05, 4.69) is 220 Å². The average Bonchev–Trinajstić information content (AvgIpc) is 3.27. The summed E-state index contributed by atoms with van der Waals surface area (Å²) in [5, 5.41) is 26.1. The first kappa shape index (κ1) is 74.8. The number of hydrogen-bond donors (Lipinski definition) is 12. The molecule has 0 aromatic rings. The lowest BCUT2D eigenvalue weighted by molar-refractivity contribution is 0.353. The van der Waals surface area contributed by atoms with Gasteiger partial charge in [-0.1, -0.05) is 83.1 Å². The fraction of sp³-hybridized carbons (Fsp3) is 1.00. The van der Waals surface area contributed by atoms with E-state index in [1.54, 1.807) is 0 Å². The first-order valence-corrected chi connectivity index (χ1v) is 25.4. The summed E-state index contributed by atoms with van der Waals surface area (Å²) in [4.78, 5) is 19.5. The Hall–Kier alpha value is -0.151. The van der Waals surface area contributed by atoms with Crippen LogP contribution < -0.4 is 64.4 Å². The second-order valence-corrected chi connectivity index (χ2v) is 16.8. The van der Waals surface area contributed by atoms with E-state index in [0.29, 0.717) is 41.2 Å². The van der Waals surface area contributed by atoms with Crippen LogP contribution >= 0.6 is 0 Å². The minimum absolute atomic E-state index is 0.259. The zero-order valence-electron chi connectivity index (χ0n) is 48.1. The van der Waals surface area contributed by atoms with E-state index in [-0.39, 0.29) is 13.7 Å². The van der Waals surface area contributed by atoms with Crippen LogP contribution in [0.15, 0.2) is 0 Å². The molecule has 0 aromatic carbocycles. The van der Waals surface area contributed by atoms with Crippen LogP contribution in [0, 0.1) is 0 Å². The van der Waals surface area contributed by atoms with Crippen LogP contribution in [0.3, 0.4) is 0 Å².